The molecule has 0 aromatic heterocycles. The second-order valence-electron chi connectivity index (χ2n) is 6.75. The quantitative estimate of drug-likeness (QED) is 0.558. The summed E-state index contributed by atoms with van der Waals surface area (Å²) in [4.78, 5) is 24.0. The predicted molar refractivity (Wildman–Crippen MR) is 111 cm³/mol. The molecule has 1 aliphatic rings. The number of rotatable bonds is 7. The van der Waals surface area contributed by atoms with Gasteiger partial charge in [0.2, 0.25) is 0 Å². The topological polar surface area (TPSA) is 97.6 Å². The van der Waals surface area contributed by atoms with Crippen molar-refractivity contribution in [3.63, 3.8) is 0 Å². The highest BCUT2D eigenvalue weighted by molar-refractivity contribution is 5.94. The van der Waals surface area contributed by atoms with Gasteiger partial charge in [-0.2, -0.15) is 5.26 Å². The van der Waals surface area contributed by atoms with E-state index >= 15 is 0 Å². The van der Waals surface area contributed by atoms with Gasteiger partial charge in [-0.15, -0.1) is 0 Å². The van der Waals surface area contributed by atoms with Crippen LogP contribution in [0.4, 0.5) is 5.69 Å². The van der Waals surface area contributed by atoms with Gasteiger partial charge in [0.15, 0.2) is 6.61 Å². The number of esters is 1. The lowest BCUT2D eigenvalue weighted by atomic mass is 10.1. The van der Waals surface area contributed by atoms with E-state index in [-0.39, 0.29) is 6.10 Å². The van der Waals surface area contributed by atoms with Crippen LogP contribution in [0.15, 0.2) is 42.5 Å². The van der Waals surface area contributed by atoms with Crippen LogP contribution in [0.25, 0.3) is 6.08 Å². The van der Waals surface area contributed by atoms with Crippen molar-refractivity contribution < 1.29 is 23.8 Å². The lowest BCUT2D eigenvalue weighted by Crippen LogP contribution is -2.20. The number of ether oxygens (including phenoxy) is 3. The van der Waals surface area contributed by atoms with Crippen LogP contribution in [0, 0.1) is 11.3 Å². The number of carbonyl (C=O) groups excluding carboxylic acids is 2. The molecule has 7 nitrogen and oxygen atoms in total. The van der Waals surface area contributed by atoms with E-state index in [0.717, 1.165) is 17.7 Å². The summed E-state index contributed by atoms with van der Waals surface area (Å²) in [5.74, 6) is 0.279. The van der Waals surface area contributed by atoms with Crippen LogP contribution in [0.5, 0.6) is 11.5 Å². The maximum atomic E-state index is 12.0. The van der Waals surface area contributed by atoms with Gasteiger partial charge in [0, 0.05) is 29.3 Å². The molecule has 7 heteroatoms. The predicted octanol–water partition coefficient (Wildman–Crippen LogP) is 3.48. The number of hydrogen-bond donors (Lipinski definition) is 1. The number of anilines is 1. The second-order valence-corrected chi connectivity index (χ2v) is 6.75. The third-order valence-electron chi connectivity index (χ3n) is 4.35. The summed E-state index contributed by atoms with van der Waals surface area (Å²) in [5.41, 5.74) is 2.65. The molecule has 3 rings (SSSR count). The van der Waals surface area contributed by atoms with E-state index in [2.05, 4.69) is 5.32 Å². The van der Waals surface area contributed by atoms with E-state index in [9.17, 15) is 9.59 Å². The molecule has 0 spiro atoms. The summed E-state index contributed by atoms with van der Waals surface area (Å²) in [6.45, 7) is 3.94. The molecule has 0 saturated carbocycles. The third-order valence-corrected chi connectivity index (χ3v) is 4.35. The zero-order chi connectivity index (χ0) is 21.5. The number of nitrogens with zero attached hydrogens (tertiary/aromatic N) is 1. The van der Waals surface area contributed by atoms with Gasteiger partial charge < -0.3 is 19.5 Å². The highest BCUT2D eigenvalue weighted by Crippen LogP contribution is 2.35. The lowest BCUT2D eigenvalue weighted by Gasteiger charge is -2.10. The van der Waals surface area contributed by atoms with Crippen molar-refractivity contribution in [1.82, 2.24) is 0 Å². The first-order valence-corrected chi connectivity index (χ1v) is 9.59. The molecule has 154 valence electrons. The minimum absolute atomic E-state index is 0.103. The standard InChI is InChI=1S/C23H22N2O5/c1-3-28-20-12-18-9-15(2)30-21(18)11-17(20)7-8-23(27)29-14-22(26)25-19-6-4-5-16(10-19)13-24/h4-8,10-12,15H,3,9,14H2,1-2H3,(H,25,26)/b8-7+/t15-/m0/s1. The van der Waals surface area contributed by atoms with Gasteiger partial charge in [0.25, 0.3) is 5.91 Å². The van der Waals surface area contributed by atoms with Crippen molar-refractivity contribution in [2.75, 3.05) is 18.5 Å². The van der Waals surface area contributed by atoms with Gasteiger partial charge >= 0.3 is 5.97 Å². The zero-order valence-electron chi connectivity index (χ0n) is 16.8. The van der Waals surface area contributed by atoms with Gasteiger partial charge in [0.05, 0.1) is 18.2 Å². The SMILES string of the molecule is CCOc1cc2c(cc1/C=C/C(=O)OCC(=O)Nc1cccc(C#N)c1)O[C@@H](C)C2. The fourth-order valence-electron chi connectivity index (χ4n) is 3.07. The van der Waals surface area contributed by atoms with Crippen LogP contribution < -0.4 is 14.8 Å². The summed E-state index contributed by atoms with van der Waals surface area (Å²) in [5, 5.41) is 11.5. The van der Waals surface area contributed by atoms with Crippen LogP contribution >= 0.6 is 0 Å². The van der Waals surface area contributed by atoms with E-state index < -0.39 is 18.5 Å². The molecule has 1 heterocycles. The fourth-order valence-corrected chi connectivity index (χ4v) is 3.07. The molecule has 0 fully saturated rings. The number of amides is 1. The minimum Gasteiger partial charge on any atom is -0.493 e. The van der Waals surface area contributed by atoms with E-state index in [1.54, 1.807) is 24.3 Å². The Kier molecular flexibility index (Phi) is 6.71. The van der Waals surface area contributed by atoms with Crippen LogP contribution in [0.3, 0.4) is 0 Å². The largest absolute Gasteiger partial charge is 0.493 e. The Morgan fingerprint density at radius 2 is 2.17 bits per heavy atom. The van der Waals surface area contributed by atoms with Crippen LogP contribution in [0.1, 0.15) is 30.5 Å². The average molecular weight is 406 g/mol. The molecule has 0 bridgehead atoms. The summed E-state index contributed by atoms with van der Waals surface area (Å²) >= 11 is 0. The maximum absolute atomic E-state index is 12.0. The molecule has 30 heavy (non-hydrogen) atoms. The number of benzene rings is 2. The van der Waals surface area contributed by atoms with Crippen molar-refractivity contribution in [3.05, 3.63) is 59.2 Å². The van der Waals surface area contributed by atoms with E-state index in [1.807, 2.05) is 32.0 Å². The Bertz CT molecular complexity index is 1020. The van der Waals surface area contributed by atoms with Gasteiger partial charge in [-0.25, -0.2) is 4.79 Å². The molecule has 0 radical (unpaired) electrons. The molecule has 0 saturated heterocycles. The molecular weight excluding hydrogens is 384 g/mol. The second kappa shape index (κ2) is 9.61. The summed E-state index contributed by atoms with van der Waals surface area (Å²) in [7, 11) is 0. The highest BCUT2D eigenvalue weighted by Gasteiger charge is 2.21. The number of nitriles is 1. The Hall–Kier alpha value is -3.79. The normalized spacial score (nSPS) is 14.5. The van der Waals surface area contributed by atoms with Crippen LogP contribution in [0.2, 0.25) is 0 Å². The molecule has 0 unspecified atom stereocenters. The monoisotopic (exact) mass is 406 g/mol. The van der Waals surface area contributed by atoms with Gasteiger partial charge in [-0.3, -0.25) is 4.79 Å². The van der Waals surface area contributed by atoms with Crippen molar-refractivity contribution in [2.45, 2.75) is 26.4 Å². The molecule has 2 aromatic carbocycles. The van der Waals surface area contributed by atoms with Crippen molar-refractivity contribution in [3.8, 4) is 17.6 Å². The number of hydrogen-bond acceptors (Lipinski definition) is 6. The van der Waals surface area contributed by atoms with E-state index in [0.29, 0.717) is 29.2 Å². The Labute approximate surface area is 174 Å². The first-order chi connectivity index (χ1) is 14.5. The molecule has 2 aromatic rings. The van der Waals surface area contributed by atoms with Crippen LogP contribution in [-0.4, -0.2) is 31.2 Å². The first-order valence-electron chi connectivity index (χ1n) is 9.59. The molecular formula is C23H22N2O5. The number of nitrogens with one attached hydrogen (secondary N) is 1. The minimum atomic E-state index is -0.659. The molecule has 1 aliphatic heterocycles. The Morgan fingerprint density at radius 3 is 2.93 bits per heavy atom. The molecule has 0 aliphatic carbocycles. The summed E-state index contributed by atoms with van der Waals surface area (Å²) < 4.78 is 16.4. The third kappa shape index (κ3) is 5.39. The number of fused-ring (bicyclic) bond motifs is 1. The Morgan fingerprint density at radius 1 is 1.33 bits per heavy atom. The van der Waals surface area contributed by atoms with Crippen molar-refractivity contribution in [2.24, 2.45) is 0 Å². The van der Waals surface area contributed by atoms with Crippen molar-refractivity contribution in [1.29, 1.82) is 5.26 Å². The fraction of sp³-hybridized carbons (Fsp3) is 0.261. The van der Waals surface area contributed by atoms with Gasteiger partial charge in [0.1, 0.15) is 17.6 Å². The van der Waals surface area contributed by atoms with E-state index in [4.69, 9.17) is 19.5 Å². The molecule has 1 atom stereocenters. The molecule has 1 N–H and O–H groups in total. The zero-order valence-corrected chi connectivity index (χ0v) is 16.8. The maximum Gasteiger partial charge on any atom is 0.331 e. The van der Waals surface area contributed by atoms with Gasteiger partial charge in [-0.05, 0) is 50.3 Å². The smallest absolute Gasteiger partial charge is 0.331 e. The Balaban J connectivity index is 1.58. The number of carbonyl (C=O) groups is 2. The lowest BCUT2D eigenvalue weighted by molar-refractivity contribution is -0.142. The highest BCUT2D eigenvalue weighted by atomic mass is 16.5. The van der Waals surface area contributed by atoms with E-state index in [1.165, 1.54) is 12.1 Å². The van der Waals surface area contributed by atoms with Crippen molar-refractivity contribution >= 4 is 23.6 Å². The molecule has 1 amide bonds. The van der Waals surface area contributed by atoms with Gasteiger partial charge in [-0.1, -0.05) is 6.07 Å². The first kappa shape index (κ1) is 20.9. The average Bonchev–Trinajstić information content (AvgIpc) is 3.09. The summed E-state index contributed by atoms with van der Waals surface area (Å²) in [6.07, 6.45) is 3.74. The van der Waals surface area contributed by atoms with Crippen LogP contribution in [-0.2, 0) is 20.7 Å². The summed E-state index contributed by atoms with van der Waals surface area (Å²) in [6, 6.07) is 12.2.